The van der Waals surface area contributed by atoms with Crippen LogP contribution in [0, 0.1) is 6.92 Å². The molecule has 0 N–H and O–H groups in total. The van der Waals surface area contributed by atoms with Gasteiger partial charge in [-0.15, -0.1) is 10.2 Å². The maximum atomic E-state index is 12.9. The van der Waals surface area contributed by atoms with Gasteiger partial charge >= 0.3 is 6.18 Å². The minimum atomic E-state index is -4.55. The lowest BCUT2D eigenvalue weighted by molar-refractivity contribution is -0.148. The first-order valence-electron chi connectivity index (χ1n) is 7.57. The van der Waals surface area contributed by atoms with Crippen LogP contribution in [0.5, 0.6) is 0 Å². The summed E-state index contributed by atoms with van der Waals surface area (Å²) >= 11 is 0. The number of hydrogen-bond acceptors (Lipinski definition) is 4. The molecule has 0 aromatic carbocycles. The summed E-state index contributed by atoms with van der Waals surface area (Å²) in [5, 5.41) is 11.0. The second-order valence-corrected chi connectivity index (χ2v) is 5.74. The molecule has 1 atom stereocenters. The predicted octanol–water partition coefficient (Wildman–Crippen LogP) is 1.80. The fraction of sp³-hybridized carbons (Fsp3) is 0.571. The lowest BCUT2D eigenvalue weighted by Gasteiger charge is -2.34. The molecular weight excluding hydrogens is 325 g/mol. The minimum Gasteiger partial charge on any atom is -0.331 e. The summed E-state index contributed by atoms with van der Waals surface area (Å²) in [7, 11) is 0. The zero-order valence-electron chi connectivity index (χ0n) is 13.3. The molecule has 10 heteroatoms. The van der Waals surface area contributed by atoms with E-state index in [4.69, 9.17) is 0 Å². The van der Waals surface area contributed by atoms with Gasteiger partial charge in [0.2, 0.25) is 11.7 Å². The van der Waals surface area contributed by atoms with Crippen LogP contribution in [0.2, 0.25) is 0 Å². The van der Waals surface area contributed by atoms with Gasteiger partial charge in [0.25, 0.3) is 0 Å². The molecule has 0 saturated carbocycles. The second kappa shape index (κ2) is 5.91. The van der Waals surface area contributed by atoms with E-state index in [0.717, 1.165) is 10.3 Å². The van der Waals surface area contributed by atoms with Crippen molar-refractivity contribution in [2.24, 2.45) is 0 Å². The van der Waals surface area contributed by atoms with Crippen molar-refractivity contribution < 1.29 is 18.0 Å². The second-order valence-electron chi connectivity index (χ2n) is 5.74. The van der Waals surface area contributed by atoms with Crippen molar-refractivity contribution in [2.45, 2.75) is 45.6 Å². The molecule has 0 radical (unpaired) electrons. The highest BCUT2D eigenvalue weighted by Crippen LogP contribution is 2.32. The number of halogens is 3. The molecule has 0 spiro atoms. The number of carbonyl (C=O) groups is 1. The van der Waals surface area contributed by atoms with Crippen LogP contribution >= 0.6 is 0 Å². The van der Waals surface area contributed by atoms with E-state index in [2.05, 4.69) is 15.3 Å². The number of rotatable bonds is 3. The Hall–Kier alpha value is -2.39. The molecule has 3 heterocycles. The zero-order chi connectivity index (χ0) is 17.5. The van der Waals surface area contributed by atoms with E-state index in [-0.39, 0.29) is 31.2 Å². The molecule has 0 aliphatic carbocycles. The first-order chi connectivity index (χ1) is 11.3. The Labute approximate surface area is 136 Å². The van der Waals surface area contributed by atoms with E-state index in [1.54, 1.807) is 22.7 Å². The van der Waals surface area contributed by atoms with Crippen LogP contribution in [-0.2, 0) is 24.1 Å². The number of hydrogen-bond donors (Lipinski definition) is 0. The summed E-state index contributed by atoms with van der Waals surface area (Å²) in [6.45, 7) is 4.22. The normalized spacial score (nSPS) is 17.9. The van der Waals surface area contributed by atoms with Gasteiger partial charge in [-0.05, 0) is 19.9 Å². The Morgan fingerprint density at radius 3 is 2.71 bits per heavy atom. The average Bonchev–Trinajstić information content (AvgIpc) is 3.11. The molecule has 2 aromatic rings. The van der Waals surface area contributed by atoms with Gasteiger partial charge in [-0.2, -0.15) is 18.3 Å². The standard InChI is InChI=1S/C14H17F3N6O/c1-9-3-5-18-23(9)6-4-11(24)21-7-8-22-12(10(21)2)19-20-13(22)14(15,16)17/h3,5,10H,4,6-8H2,1-2H3. The van der Waals surface area contributed by atoms with Gasteiger partial charge in [0.05, 0.1) is 6.04 Å². The van der Waals surface area contributed by atoms with Gasteiger partial charge in [-0.3, -0.25) is 9.48 Å². The van der Waals surface area contributed by atoms with Gasteiger partial charge < -0.3 is 9.47 Å². The first-order valence-corrected chi connectivity index (χ1v) is 7.57. The Balaban J connectivity index is 1.72. The number of fused-ring (bicyclic) bond motifs is 1. The fourth-order valence-corrected chi connectivity index (χ4v) is 2.91. The van der Waals surface area contributed by atoms with Crippen LogP contribution in [0.1, 0.15) is 36.7 Å². The van der Waals surface area contributed by atoms with E-state index < -0.39 is 18.0 Å². The molecule has 0 fully saturated rings. The number of carbonyl (C=O) groups excluding carboxylic acids is 1. The van der Waals surface area contributed by atoms with E-state index in [9.17, 15) is 18.0 Å². The first kappa shape index (κ1) is 16.5. The summed E-state index contributed by atoms with van der Waals surface area (Å²) in [5.74, 6) is -0.985. The van der Waals surface area contributed by atoms with Crippen molar-refractivity contribution in [3.8, 4) is 0 Å². The third-order valence-corrected chi connectivity index (χ3v) is 4.23. The SMILES string of the molecule is Cc1ccnn1CCC(=O)N1CCn2c(nnc2C(F)(F)F)C1C. The summed E-state index contributed by atoms with van der Waals surface area (Å²) in [6, 6.07) is 1.29. The third-order valence-electron chi connectivity index (χ3n) is 4.23. The number of nitrogens with zero attached hydrogens (tertiary/aromatic N) is 6. The van der Waals surface area contributed by atoms with Gasteiger partial charge in [-0.1, -0.05) is 0 Å². The Bertz CT molecular complexity index is 750. The maximum absolute atomic E-state index is 12.9. The topological polar surface area (TPSA) is 68.8 Å². The summed E-state index contributed by atoms with van der Waals surface area (Å²) in [4.78, 5) is 14.0. The van der Waals surface area contributed by atoms with Crippen LogP contribution in [0.4, 0.5) is 13.2 Å². The molecule has 2 aromatic heterocycles. The van der Waals surface area contributed by atoms with Crippen LogP contribution in [0.25, 0.3) is 0 Å². The summed E-state index contributed by atoms with van der Waals surface area (Å²) in [5.41, 5.74) is 0.948. The van der Waals surface area contributed by atoms with Crippen molar-refractivity contribution in [1.82, 2.24) is 29.4 Å². The average molecular weight is 342 g/mol. The van der Waals surface area contributed by atoms with Gasteiger partial charge in [0.15, 0.2) is 5.82 Å². The highest BCUT2D eigenvalue weighted by atomic mass is 19.4. The molecule has 130 valence electrons. The third kappa shape index (κ3) is 2.87. The largest absolute Gasteiger partial charge is 0.451 e. The number of alkyl halides is 3. The van der Waals surface area contributed by atoms with Crippen molar-refractivity contribution >= 4 is 5.91 Å². The highest BCUT2D eigenvalue weighted by molar-refractivity contribution is 5.76. The maximum Gasteiger partial charge on any atom is 0.451 e. The van der Waals surface area contributed by atoms with Gasteiger partial charge in [0.1, 0.15) is 0 Å². The molecule has 1 aliphatic rings. The van der Waals surface area contributed by atoms with E-state index in [1.807, 2.05) is 13.0 Å². The van der Waals surface area contributed by atoms with Crippen molar-refractivity contribution in [3.05, 3.63) is 29.6 Å². The quantitative estimate of drug-likeness (QED) is 0.853. The molecule has 7 nitrogen and oxygen atoms in total. The lowest BCUT2D eigenvalue weighted by Crippen LogP contribution is -2.42. The lowest BCUT2D eigenvalue weighted by atomic mass is 10.2. The van der Waals surface area contributed by atoms with Crippen molar-refractivity contribution in [3.63, 3.8) is 0 Å². The molecule has 1 unspecified atom stereocenters. The highest BCUT2D eigenvalue weighted by Gasteiger charge is 2.41. The Kier molecular flexibility index (Phi) is 4.06. The van der Waals surface area contributed by atoms with Crippen LogP contribution < -0.4 is 0 Å². The molecule has 24 heavy (non-hydrogen) atoms. The van der Waals surface area contributed by atoms with E-state index in [1.165, 1.54) is 0 Å². The number of aryl methyl sites for hydroxylation is 2. The number of aromatic nitrogens is 5. The molecule has 1 aliphatic heterocycles. The minimum absolute atomic E-state index is 0.0358. The molecule has 0 bridgehead atoms. The van der Waals surface area contributed by atoms with Crippen molar-refractivity contribution in [2.75, 3.05) is 6.54 Å². The van der Waals surface area contributed by atoms with E-state index >= 15 is 0 Å². The Morgan fingerprint density at radius 1 is 1.33 bits per heavy atom. The van der Waals surface area contributed by atoms with Crippen molar-refractivity contribution in [1.29, 1.82) is 0 Å². The Morgan fingerprint density at radius 2 is 2.08 bits per heavy atom. The number of amides is 1. The fourth-order valence-electron chi connectivity index (χ4n) is 2.91. The monoisotopic (exact) mass is 342 g/mol. The predicted molar refractivity (Wildman–Crippen MR) is 76.7 cm³/mol. The molecular formula is C14H17F3N6O. The summed E-state index contributed by atoms with van der Waals surface area (Å²) in [6.07, 6.45) is -2.66. The summed E-state index contributed by atoms with van der Waals surface area (Å²) < 4.78 is 41.4. The molecule has 3 rings (SSSR count). The van der Waals surface area contributed by atoms with E-state index in [0.29, 0.717) is 6.54 Å². The van der Waals surface area contributed by atoms with Crippen LogP contribution in [-0.4, -0.2) is 41.9 Å². The van der Waals surface area contributed by atoms with Gasteiger partial charge in [0, 0.05) is 37.9 Å². The smallest absolute Gasteiger partial charge is 0.331 e. The molecule has 0 saturated heterocycles. The van der Waals surface area contributed by atoms with Gasteiger partial charge in [-0.25, -0.2) is 0 Å². The molecule has 1 amide bonds. The van der Waals surface area contributed by atoms with Crippen LogP contribution in [0.3, 0.4) is 0 Å². The van der Waals surface area contributed by atoms with Crippen LogP contribution in [0.15, 0.2) is 12.3 Å². The zero-order valence-corrected chi connectivity index (χ0v) is 13.3.